The Morgan fingerprint density at radius 3 is 2.21 bits per heavy atom. The summed E-state index contributed by atoms with van der Waals surface area (Å²) in [7, 11) is 1.72. The number of piperidine rings is 1. The van der Waals surface area contributed by atoms with Gasteiger partial charge in [0.15, 0.2) is 0 Å². The monoisotopic (exact) mass is 519 g/mol. The van der Waals surface area contributed by atoms with Crippen molar-refractivity contribution in [2.24, 2.45) is 5.92 Å². The first kappa shape index (κ1) is 27.5. The molecule has 0 atom stereocenters. The maximum atomic E-state index is 12.8. The van der Waals surface area contributed by atoms with E-state index in [9.17, 15) is 9.18 Å². The maximum Gasteiger partial charge on any atom is 0.236 e. The third-order valence-electron chi connectivity index (χ3n) is 7.30. The number of methoxy groups -OCH3 is 1. The zero-order valence-corrected chi connectivity index (χ0v) is 22.1. The molecule has 202 valence electrons. The van der Waals surface area contributed by atoms with Gasteiger partial charge in [-0.3, -0.25) is 9.69 Å². The molecular formula is C31H38FN3O3. The van der Waals surface area contributed by atoms with Gasteiger partial charge in [0.2, 0.25) is 5.91 Å². The van der Waals surface area contributed by atoms with Gasteiger partial charge in [0.05, 0.1) is 19.3 Å². The Hall–Kier alpha value is -3.58. The lowest BCUT2D eigenvalue weighted by Crippen LogP contribution is -2.51. The normalized spacial score (nSPS) is 16.5. The smallest absolute Gasteiger partial charge is 0.236 e. The van der Waals surface area contributed by atoms with Crippen molar-refractivity contribution in [2.45, 2.75) is 19.3 Å². The number of ether oxygens (including phenoxy) is 1. The van der Waals surface area contributed by atoms with E-state index < -0.39 is 5.82 Å². The van der Waals surface area contributed by atoms with E-state index >= 15 is 0 Å². The van der Waals surface area contributed by atoms with Crippen molar-refractivity contribution >= 4 is 11.6 Å². The lowest BCUT2D eigenvalue weighted by molar-refractivity contribution is -0.133. The van der Waals surface area contributed by atoms with Gasteiger partial charge >= 0.3 is 0 Å². The molecule has 0 radical (unpaired) electrons. The number of para-hydroxylation sites is 2. The van der Waals surface area contributed by atoms with Crippen LogP contribution in [0.4, 0.5) is 10.1 Å². The van der Waals surface area contributed by atoms with E-state index in [1.54, 1.807) is 7.11 Å². The minimum absolute atomic E-state index is 0.0370. The van der Waals surface area contributed by atoms with E-state index in [0.717, 1.165) is 76.0 Å². The van der Waals surface area contributed by atoms with Gasteiger partial charge in [-0.15, -0.1) is 0 Å². The molecule has 3 aromatic carbocycles. The summed E-state index contributed by atoms with van der Waals surface area (Å²) in [5.41, 5.74) is 2.56. The molecule has 0 aliphatic carbocycles. The molecule has 0 bridgehead atoms. The number of rotatable bonds is 6. The number of amides is 1. The number of halogens is 1. The fourth-order valence-electron chi connectivity index (χ4n) is 5.14. The highest BCUT2D eigenvalue weighted by Gasteiger charge is 2.26. The number of carbonyl (C=O) groups is 1. The number of hydrogen-bond donors (Lipinski definition) is 1. The highest BCUT2D eigenvalue weighted by atomic mass is 19.1. The summed E-state index contributed by atoms with van der Waals surface area (Å²) in [6.07, 6.45) is 3.36. The van der Waals surface area contributed by atoms with E-state index in [1.165, 1.54) is 23.8 Å². The standard InChI is InChI=1S/C25H33N3O2.C6H5FO/c1-30-24-10-6-5-9-23(24)27-17-15-26(16-18-27)20-25(29)28-13-11-22(12-14-28)19-21-7-3-2-4-8-21;7-5-2-1-3-6(8)4-5/h2-10,22H,11-20H2,1H3;1-4,8H. The first-order valence-electron chi connectivity index (χ1n) is 13.4. The average Bonchev–Trinajstić information content (AvgIpc) is 2.95. The second-order valence-electron chi connectivity index (χ2n) is 9.93. The van der Waals surface area contributed by atoms with Crippen LogP contribution in [0.25, 0.3) is 0 Å². The Morgan fingerprint density at radius 1 is 0.895 bits per heavy atom. The Labute approximate surface area is 225 Å². The number of hydrogen-bond acceptors (Lipinski definition) is 5. The molecular weight excluding hydrogens is 481 g/mol. The third kappa shape index (κ3) is 7.96. The molecule has 2 fully saturated rings. The molecule has 0 spiro atoms. The average molecular weight is 520 g/mol. The third-order valence-corrected chi connectivity index (χ3v) is 7.30. The number of carbonyl (C=O) groups excluding carboxylic acids is 1. The first-order chi connectivity index (χ1) is 18.5. The summed E-state index contributed by atoms with van der Waals surface area (Å²) >= 11 is 0. The highest BCUT2D eigenvalue weighted by Crippen LogP contribution is 2.28. The van der Waals surface area contributed by atoms with Crippen molar-refractivity contribution in [3.63, 3.8) is 0 Å². The molecule has 7 heteroatoms. The van der Waals surface area contributed by atoms with Crippen LogP contribution in [0.5, 0.6) is 11.5 Å². The summed E-state index contributed by atoms with van der Waals surface area (Å²) < 4.78 is 17.5. The van der Waals surface area contributed by atoms with E-state index in [4.69, 9.17) is 9.84 Å². The van der Waals surface area contributed by atoms with Gasteiger partial charge in [0, 0.05) is 45.3 Å². The van der Waals surface area contributed by atoms with Crippen LogP contribution in [0.1, 0.15) is 18.4 Å². The van der Waals surface area contributed by atoms with Gasteiger partial charge in [-0.05, 0) is 55.0 Å². The number of likely N-dealkylation sites (tertiary alicyclic amines) is 1. The van der Waals surface area contributed by atoms with Crippen LogP contribution in [0.3, 0.4) is 0 Å². The summed E-state index contributed by atoms with van der Waals surface area (Å²) in [5, 5.41) is 8.57. The largest absolute Gasteiger partial charge is 0.508 e. The van der Waals surface area contributed by atoms with Gasteiger partial charge in [-0.2, -0.15) is 0 Å². The molecule has 2 saturated heterocycles. The van der Waals surface area contributed by atoms with Crippen molar-refractivity contribution in [1.29, 1.82) is 0 Å². The minimum atomic E-state index is -0.412. The number of piperazine rings is 1. The molecule has 3 aromatic rings. The van der Waals surface area contributed by atoms with Crippen molar-refractivity contribution in [3.05, 3.63) is 90.2 Å². The molecule has 38 heavy (non-hydrogen) atoms. The SMILES string of the molecule is COc1ccccc1N1CCN(CC(=O)N2CCC(Cc3ccccc3)CC2)CC1.Oc1cccc(F)c1. The molecule has 6 nitrogen and oxygen atoms in total. The van der Waals surface area contributed by atoms with Crippen molar-refractivity contribution < 1.29 is 19.0 Å². The van der Waals surface area contributed by atoms with E-state index in [-0.39, 0.29) is 5.75 Å². The summed E-state index contributed by atoms with van der Waals surface area (Å²) in [6, 6.07) is 24.1. The van der Waals surface area contributed by atoms with Gasteiger partial charge in [0.25, 0.3) is 0 Å². The fourth-order valence-corrected chi connectivity index (χ4v) is 5.14. The Balaban J connectivity index is 0.000000360. The molecule has 0 saturated carbocycles. The highest BCUT2D eigenvalue weighted by molar-refractivity contribution is 5.78. The molecule has 0 unspecified atom stereocenters. The van der Waals surface area contributed by atoms with E-state index in [0.29, 0.717) is 18.4 Å². The molecule has 2 heterocycles. The first-order valence-corrected chi connectivity index (χ1v) is 13.4. The number of benzene rings is 3. The molecule has 2 aliphatic heterocycles. The lowest BCUT2D eigenvalue weighted by atomic mass is 9.90. The van der Waals surface area contributed by atoms with Crippen LogP contribution >= 0.6 is 0 Å². The molecule has 2 aliphatic rings. The molecule has 5 rings (SSSR count). The number of nitrogens with zero attached hydrogens (tertiary/aromatic N) is 3. The summed E-state index contributed by atoms with van der Waals surface area (Å²) in [4.78, 5) is 19.6. The summed E-state index contributed by atoms with van der Waals surface area (Å²) in [6.45, 7) is 6.01. The Morgan fingerprint density at radius 2 is 1.58 bits per heavy atom. The van der Waals surface area contributed by atoms with Gasteiger partial charge in [-0.25, -0.2) is 4.39 Å². The topological polar surface area (TPSA) is 56.2 Å². The zero-order valence-electron chi connectivity index (χ0n) is 22.1. The van der Waals surface area contributed by atoms with E-state index in [1.807, 2.05) is 12.1 Å². The zero-order chi connectivity index (χ0) is 26.7. The summed E-state index contributed by atoms with van der Waals surface area (Å²) in [5.74, 6) is 1.45. The van der Waals surface area contributed by atoms with Crippen LogP contribution < -0.4 is 9.64 Å². The second-order valence-corrected chi connectivity index (χ2v) is 9.93. The second kappa shape index (κ2) is 13.8. The molecule has 0 aromatic heterocycles. The van der Waals surface area contributed by atoms with Crippen molar-refractivity contribution in [3.8, 4) is 11.5 Å². The molecule has 1 amide bonds. The maximum absolute atomic E-state index is 12.8. The Kier molecular flexibility index (Phi) is 9.98. The molecule has 1 N–H and O–H groups in total. The Bertz CT molecular complexity index is 1130. The van der Waals surface area contributed by atoms with Gasteiger partial charge < -0.3 is 19.6 Å². The number of anilines is 1. The van der Waals surface area contributed by atoms with Gasteiger partial charge in [-0.1, -0.05) is 48.5 Å². The van der Waals surface area contributed by atoms with Crippen molar-refractivity contribution in [1.82, 2.24) is 9.80 Å². The van der Waals surface area contributed by atoms with Crippen LogP contribution in [-0.4, -0.2) is 73.7 Å². The minimum Gasteiger partial charge on any atom is -0.508 e. The fraction of sp³-hybridized carbons (Fsp3) is 0.387. The predicted octanol–water partition coefficient (Wildman–Crippen LogP) is 4.83. The van der Waals surface area contributed by atoms with Gasteiger partial charge in [0.1, 0.15) is 17.3 Å². The number of aromatic hydroxyl groups is 1. The lowest BCUT2D eigenvalue weighted by Gasteiger charge is -2.38. The van der Waals surface area contributed by atoms with Crippen LogP contribution in [0, 0.1) is 11.7 Å². The van der Waals surface area contributed by atoms with Crippen LogP contribution in [-0.2, 0) is 11.2 Å². The van der Waals surface area contributed by atoms with Crippen LogP contribution in [0.2, 0.25) is 0 Å². The van der Waals surface area contributed by atoms with Crippen molar-refractivity contribution in [2.75, 3.05) is 57.8 Å². The quantitative estimate of drug-likeness (QED) is 0.506. The number of phenols is 1. The predicted molar refractivity (Wildman–Crippen MR) is 149 cm³/mol. The number of phenolic OH excluding ortho intramolecular Hbond substituents is 1. The van der Waals surface area contributed by atoms with Crippen LogP contribution in [0.15, 0.2) is 78.9 Å². The van der Waals surface area contributed by atoms with E-state index in [2.05, 4.69) is 57.2 Å².